The van der Waals surface area contributed by atoms with Gasteiger partial charge in [-0.15, -0.1) is 0 Å². The number of anilines is 1. The van der Waals surface area contributed by atoms with E-state index >= 15 is 0 Å². The van der Waals surface area contributed by atoms with Gasteiger partial charge in [0.2, 0.25) is 0 Å². The summed E-state index contributed by atoms with van der Waals surface area (Å²) in [5.41, 5.74) is 2.60. The fourth-order valence-electron chi connectivity index (χ4n) is 2.91. The van der Waals surface area contributed by atoms with Crippen LogP contribution in [0.4, 0.5) is 5.82 Å². The monoisotopic (exact) mass is 530 g/mol. The zero-order valence-corrected chi connectivity index (χ0v) is 20.6. The van der Waals surface area contributed by atoms with E-state index in [1.165, 1.54) is 0 Å². The lowest BCUT2D eigenvalue weighted by molar-refractivity contribution is 0.0911. The van der Waals surface area contributed by atoms with Gasteiger partial charge in [-0.25, -0.2) is 9.55 Å². The predicted octanol–water partition coefficient (Wildman–Crippen LogP) is 3.74. The number of amides is 1. The number of aromatic nitrogens is 2. The van der Waals surface area contributed by atoms with Crippen LogP contribution in [-0.4, -0.2) is 48.3 Å². The third kappa shape index (κ3) is 9.08. The number of carbonyl (C=O) groups is 1. The van der Waals surface area contributed by atoms with Crippen LogP contribution >= 0.6 is 31.0 Å². The summed E-state index contributed by atoms with van der Waals surface area (Å²) >= 11 is 12.3. The van der Waals surface area contributed by atoms with Gasteiger partial charge in [0.05, 0.1) is 17.7 Å². The van der Waals surface area contributed by atoms with Crippen molar-refractivity contribution in [3.8, 4) is 11.1 Å². The lowest BCUT2D eigenvalue weighted by Gasteiger charge is -2.16. The fraction of sp³-hybridized carbons (Fsp3) is 0.238. The van der Waals surface area contributed by atoms with Crippen LogP contribution in [0.2, 0.25) is 10.0 Å². The van der Waals surface area contributed by atoms with Crippen LogP contribution in [0.3, 0.4) is 0 Å². The molecule has 0 radical (unpaired) electrons. The number of halogens is 2. The normalized spacial score (nSPS) is 12.0. The van der Waals surface area contributed by atoms with Crippen LogP contribution in [-0.2, 0) is 4.57 Å². The number of hydrogen-bond donors (Lipinski definition) is 7. The standard InChI is InChI=1S/C21H22Cl2N4O2.H3O4P/c1-12(2)26-20-8-16(17(23)10-25-20)14-7-18(24-9-14)21(29)27-19(11-28)13-4-3-5-15(22)6-13;1-5(2,3)4/h3-10,12,19,24,28H,11H2,1-2H3,(H,25,26)(H,27,29);(H3,1,2,3,4). The Morgan fingerprint density at radius 1 is 1.18 bits per heavy atom. The van der Waals surface area contributed by atoms with Gasteiger partial charge in [0.15, 0.2) is 0 Å². The van der Waals surface area contributed by atoms with Crippen LogP contribution in [0, 0.1) is 0 Å². The van der Waals surface area contributed by atoms with Crippen molar-refractivity contribution in [2.24, 2.45) is 0 Å². The minimum atomic E-state index is -4.64. The molecule has 7 N–H and O–H groups in total. The Morgan fingerprint density at radius 3 is 2.44 bits per heavy atom. The van der Waals surface area contributed by atoms with Crippen LogP contribution in [0.1, 0.15) is 35.9 Å². The number of benzene rings is 1. The number of carbonyl (C=O) groups excluding carboxylic acids is 1. The number of H-pyrrole nitrogens is 1. The van der Waals surface area contributed by atoms with Crippen molar-refractivity contribution in [2.45, 2.75) is 25.9 Å². The van der Waals surface area contributed by atoms with Crippen molar-refractivity contribution in [3.05, 3.63) is 70.1 Å². The molecule has 0 fully saturated rings. The van der Waals surface area contributed by atoms with E-state index in [-0.39, 0.29) is 18.6 Å². The summed E-state index contributed by atoms with van der Waals surface area (Å²) in [7, 11) is -4.64. The van der Waals surface area contributed by atoms with Crippen LogP contribution < -0.4 is 10.6 Å². The molecular formula is C21H25Cl2N4O6P. The molecule has 1 atom stereocenters. The van der Waals surface area contributed by atoms with Gasteiger partial charge in [-0.1, -0.05) is 35.3 Å². The van der Waals surface area contributed by atoms with E-state index in [4.69, 9.17) is 42.4 Å². The molecular weight excluding hydrogens is 506 g/mol. The van der Waals surface area contributed by atoms with Crippen molar-refractivity contribution >= 4 is 42.7 Å². The number of nitrogens with zero attached hydrogens (tertiary/aromatic N) is 1. The second-order valence-corrected chi connectivity index (χ2v) is 9.30. The first-order chi connectivity index (χ1) is 15.9. The number of rotatable bonds is 7. The molecule has 184 valence electrons. The maximum atomic E-state index is 12.7. The summed E-state index contributed by atoms with van der Waals surface area (Å²) in [6.45, 7) is 3.79. The molecule has 2 heterocycles. The zero-order chi connectivity index (χ0) is 25.5. The maximum Gasteiger partial charge on any atom is 0.466 e. The molecule has 3 rings (SSSR count). The van der Waals surface area contributed by atoms with E-state index < -0.39 is 13.9 Å². The van der Waals surface area contributed by atoms with Crippen molar-refractivity contribution in [2.75, 3.05) is 11.9 Å². The van der Waals surface area contributed by atoms with Crippen molar-refractivity contribution < 1.29 is 29.1 Å². The average Bonchev–Trinajstić information content (AvgIpc) is 3.22. The molecule has 1 unspecified atom stereocenters. The van der Waals surface area contributed by atoms with Gasteiger partial charge in [0, 0.05) is 34.6 Å². The van der Waals surface area contributed by atoms with Gasteiger partial charge in [0.25, 0.3) is 5.91 Å². The largest absolute Gasteiger partial charge is 0.466 e. The van der Waals surface area contributed by atoms with Gasteiger partial charge in [0.1, 0.15) is 11.5 Å². The molecule has 0 saturated carbocycles. The predicted molar refractivity (Wildman–Crippen MR) is 131 cm³/mol. The minimum Gasteiger partial charge on any atom is -0.394 e. The van der Waals surface area contributed by atoms with E-state index in [1.807, 2.05) is 19.9 Å². The van der Waals surface area contributed by atoms with E-state index in [9.17, 15) is 9.90 Å². The van der Waals surface area contributed by atoms with Crippen LogP contribution in [0.15, 0.2) is 48.8 Å². The Kier molecular flexibility index (Phi) is 10.1. The number of hydrogen-bond acceptors (Lipinski definition) is 5. The molecule has 10 nitrogen and oxygen atoms in total. The molecule has 0 spiro atoms. The van der Waals surface area contributed by atoms with E-state index in [1.54, 1.807) is 42.7 Å². The Morgan fingerprint density at radius 2 is 1.85 bits per heavy atom. The van der Waals surface area contributed by atoms with Crippen molar-refractivity contribution in [3.63, 3.8) is 0 Å². The quantitative estimate of drug-likeness (QED) is 0.226. The van der Waals surface area contributed by atoms with Crippen LogP contribution in [0.25, 0.3) is 11.1 Å². The molecule has 1 amide bonds. The van der Waals surface area contributed by atoms with E-state index in [0.29, 0.717) is 21.6 Å². The third-order valence-electron chi connectivity index (χ3n) is 4.27. The number of phosphoric acid groups is 1. The first-order valence-corrected chi connectivity index (χ1v) is 12.3. The SMILES string of the molecule is CC(C)Nc1cc(-c2c[nH]c(C(=O)NC(CO)c3cccc(Cl)c3)c2)c(Cl)cn1.O=P(O)(O)O. The fourth-order valence-corrected chi connectivity index (χ4v) is 3.32. The molecule has 3 aromatic rings. The van der Waals surface area contributed by atoms with Gasteiger partial charge >= 0.3 is 7.82 Å². The molecule has 0 aliphatic heterocycles. The van der Waals surface area contributed by atoms with Gasteiger partial charge < -0.3 is 35.4 Å². The summed E-state index contributed by atoms with van der Waals surface area (Å²) in [4.78, 5) is 41.5. The first kappa shape index (κ1) is 27.8. The van der Waals surface area contributed by atoms with Gasteiger partial charge in [-0.2, -0.15) is 0 Å². The third-order valence-corrected chi connectivity index (χ3v) is 4.81. The van der Waals surface area contributed by atoms with E-state index in [0.717, 1.165) is 16.7 Å². The number of pyridine rings is 1. The second kappa shape index (κ2) is 12.3. The maximum absolute atomic E-state index is 12.7. The summed E-state index contributed by atoms with van der Waals surface area (Å²) in [6, 6.07) is 10.2. The number of aromatic amines is 1. The van der Waals surface area contributed by atoms with Crippen LogP contribution in [0.5, 0.6) is 0 Å². The first-order valence-electron chi connectivity index (χ1n) is 9.93. The Hall–Kier alpha value is -2.43. The van der Waals surface area contributed by atoms with E-state index in [2.05, 4.69) is 20.6 Å². The molecule has 0 aliphatic carbocycles. The molecule has 1 aromatic carbocycles. The minimum absolute atomic E-state index is 0.228. The number of aliphatic hydroxyl groups excluding tert-OH is 1. The Labute approximate surface area is 206 Å². The highest BCUT2D eigenvalue weighted by molar-refractivity contribution is 7.45. The molecule has 0 bridgehead atoms. The van der Waals surface area contributed by atoms with Crippen molar-refractivity contribution in [1.29, 1.82) is 0 Å². The molecule has 13 heteroatoms. The highest BCUT2D eigenvalue weighted by Crippen LogP contribution is 2.30. The Balaban J connectivity index is 0.000000739. The number of aliphatic hydroxyl groups is 1. The number of nitrogens with one attached hydrogen (secondary N) is 3. The molecule has 0 aliphatic rings. The smallest absolute Gasteiger partial charge is 0.394 e. The van der Waals surface area contributed by atoms with Gasteiger partial charge in [-0.3, -0.25) is 4.79 Å². The highest BCUT2D eigenvalue weighted by atomic mass is 35.5. The summed E-state index contributed by atoms with van der Waals surface area (Å²) < 4.78 is 8.88. The highest BCUT2D eigenvalue weighted by Gasteiger charge is 2.18. The van der Waals surface area contributed by atoms with Gasteiger partial charge in [-0.05, 0) is 43.7 Å². The van der Waals surface area contributed by atoms with Crippen molar-refractivity contribution in [1.82, 2.24) is 15.3 Å². The lowest BCUT2D eigenvalue weighted by atomic mass is 10.1. The summed E-state index contributed by atoms with van der Waals surface area (Å²) in [5, 5.41) is 16.7. The molecule has 34 heavy (non-hydrogen) atoms. The zero-order valence-electron chi connectivity index (χ0n) is 18.2. The molecule has 2 aromatic heterocycles. The summed E-state index contributed by atoms with van der Waals surface area (Å²) in [6.07, 6.45) is 3.29. The lowest BCUT2D eigenvalue weighted by Crippen LogP contribution is -2.31. The summed E-state index contributed by atoms with van der Waals surface area (Å²) in [5.74, 6) is 0.355. The molecule has 0 saturated heterocycles. The Bertz CT molecular complexity index is 1160. The average molecular weight is 531 g/mol. The second-order valence-electron chi connectivity index (χ2n) is 7.43. The topological polar surface area (TPSA) is 168 Å².